The van der Waals surface area contributed by atoms with Crippen molar-refractivity contribution in [1.29, 1.82) is 0 Å². The molecule has 0 bridgehead atoms. The van der Waals surface area contributed by atoms with Gasteiger partial charge in [0.2, 0.25) is 0 Å². The summed E-state index contributed by atoms with van der Waals surface area (Å²) in [5, 5.41) is 3.88. The molecule has 0 fully saturated rings. The first-order valence-electron chi connectivity index (χ1n) is 7.48. The van der Waals surface area contributed by atoms with Gasteiger partial charge in [-0.05, 0) is 36.5 Å². The molecule has 122 valence electrons. The Labute approximate surface area is 137 Å². The van der Waals surface area contributed by atoms with Gasteiger partial charge < -0.3 is 4.84 Å². The van der Waals surface area contributed by atoms with E-state index < -0.39 is 15.4 Å². The SMILES string of the molecule is CCc1cccc(CC)c1CS(=O)(=O)C1=NOC(C)(CCl)C1. The highest BCUT2D eigenvalue weighted by molar-refractivity contribution is 8.05. The number of rotatable bonds is 5. The summed E-state index contributed by atoms with van der Waals surface area (Å²) in [7, 11) is -3.49. The van der Waals surface area contributed by atoms with Crippen molar-refractivity contribution in [3.8, 4) is 0 Å². The van der Waals surface area contributed by atoms with Gasteiger partial charge in [-0.1, -0.05) is 37.2 Å². The zero-order valence-electron chi connectivity index (χ0n) is 13.2. The minimum atomic E-state index is -3.49. The predicted molar refractivity (Wildman–Crippen MR) is 90.1 cm³/mol. The third kappa shape index (κ3) is 3.46. The third-order valence-corrected chi connectivity index (χ3v) is 6.17. The minimum Gasteiger partial charge on any atom is -0.387 e. The van der Waals surface area contributed by atoms with Crippen LogP contribution in [0.15, 0.2) is 23.4 Å². The summed E-state index contributed by atoms with van der Waals surface area (Å²) in [6.45, 7) is 5.83. The van der Waals surface area contributed by atoms with Crippen molar-refractivity contribution in [1.82, 2.24) is 0 Å². The molecule has 0 N–H and O–H groups in total. The van der Waals surface area contributed by atoms with Crippen molar-refractivity contribution < 1.29 is 13.3 Å². The van der Waals surface area contributed by atoms with Gasteiger partial charge in [0.1, 0.15) is 0 Å². The Morgan fingerprint density at radius 2 is 1.86 bits per heavy atom. The average molecular weight is 344 g/mol. The molecule has 2 rings (SSSR count). The van der Waals surface area contributed by atoms with Crippen LogP contribution in [0.5, 0.6) is 0 Å². The third-order valence-electron chi connectivity index (χ3n) is 4.00. The Morgan fingerprint density at radius 3 is 2.32 bits per heavy atom. The van der Waals surface area contributed by atoms with Crippen molar-refractivity contribution in [2.45, 2.75) is 51.4 Å². The maximum absolute atomic E-state index is 12.7. The van der Waals surface area contributed by atoms with Crippen LogP contribution in [0.4, 0.5) is 0 Å². The molecule has 4 nitrogen and oxygen atoms in total. The number of sulfone groups is 1. The molecule has 1 aromatic rings. The Balaban J connectivity index is 2.31. The van der Waals surface area contributed by atoms with Gasteiger partial charge in [0.25, 0.3) is 0 Å². The second kappa shape index (κ2) is 6.59. The number of alkyl halides is 1. The minimum absolute atomic E-state index is 0.0270. The Hall–Kier alpha value is -1.07. The highest BCUT2D eigenvalue weighted by atomic mass is 35.5. The largest absolute Gasteiger partial charge is 0.387 e. The lowest BCUT2D eigenvalue weighted by Crippen LogP contribution is -2.29. The smallest absolute Gasteiger partial charge is 0.199 e. The molecule has 1 heterocycles. The molecule has 0 saturated heterocycles. The maximum Gasteiger partial charge on any atom is 0.199 e. The summed E-state index contributed by atoms with van der Waals surface area (Å²) in [5.41, 5.74) is 2.32. The molecule has 0 aliphatic carbocycles. The summed E-state index contributed by atoms with van der Waals surface area (Å²) in [4.78, 5) is 5.22. The topological polar surface area (TPSA) is 55.7 Å². The zero-order chi connectivity index (χ0) is 16.4. The van der Waals surface area contributed by atoms with Gasteiger partial charge in [0.05, 0.1) is 11.6 Å². The van der Waals surface area contributed by atoms with E-state index in [0.717, 1.165) is 29.5 Å². The fourth-order valence-electron chi connectivity index (χ4n) is 2.59. The van der Waals surface area contributed by atoms with Gasteiger partial charge in [-0.3, -0.25) is 0 Å². The standard InChI is InChI=1S/C16H22ClNO3S/c1-4-12-7-6-8-13(5-2)14(12)10-22(19,20)15-9-16(3,11-17)21-18-15/h6-8H,4-5,9-11H2,1-3H3. The number of benzene rings is 1. The van der Waals surface area contributed by atoms with E-state index in [9.17, 15) is 8.42 Å². The lowest BCUT2D eigenvalue weighted by atomic mass is 9.99. The first kappa shape index (κ1) is 17.3. The van der Waals surface area contributed by atoms with Gasteiger partial charge in [0, 0.05) is 6.42 Å². The summed E-state index contributed by atoms with van der Waals surface area (Å²) < 4.78 is 25.4. The molecule has 1 aromatic carbocycles. The molecule has 0 spiro atoms. The van der Waals surface area contributed by atoms with Crippen molar-refractivity contribution in [3.63, 3.8) is 0 Å². The van der Waals surface area contributed by atoms with E-state index in [1.165, 1.54) is 0 Å². The van der Waals surface area contributed by atoms with Crippen LogP contribution in [0.25, 0.3) is 0 Å². The number of hydrogen-bond acceptors (Lipinski definition) is 4. The molecular formula is C16H22ClNO3S. The van der Waals surface area contributed by atoms with Gasteiger partial charge in [-0.2, -0.15) is 0 Å². The number of nitrogens with zero attached hydrogens (tertiary/aromatic N) is 1. The summed E-state index contributed by atoms with van der Waals surface area (Å²) >= 11 is 5.83. The van der Waals surface area contributed by atoms with Crippen LogP contribution in [-0.2, 0) is 33.3 Å². The van der Waals surface area contributed by atoms with E-state index in [1.807, 2.05) is 32.0 Å². The molecule has 0 amide bonds. The van der Waals surface area contributed by atoms with Crippen LogP contribution in [-0.4, -0.2) is 24.9 Å². The predicted octanol–water partition coefficient (Wildman–Crippen LogP) is 3.46. The molecule has 6 heteroatoms. The Morgan fingerprint density at radius 1 is 1.27 bits per heavy atom. The van der Waals surface area contributed by atoms with E-state index >= 15 is 0 Å². The van der Waals surface area contributed by atoms with Crippen LogP contribution >= 0.6 is 11.6 Å². The molecule has 0 aromatic heterocycles. The number of aryl methyl sites for hydroxylation is 2. The van der Waals surface area contributed by atoms with Crippen LogP contribution in [0.1, 0.15) is 43.9 Å². The van der Waals surface area contributed by atoms with Crippen molar-refractivity contribution in [2.75, 3.05) is 5.88 Å². The Kier molecular flexibility index (Phi) is 5.17. The van der Waals surface area contributed by atoms with Crippen LogP contribution in [0.3, 0.4) is 0 Å². The quantitative estimate of drug-likeness (QED) is 0.769. The molecule has 0 saturated carbocycles. The summed E-state index contributed by atoms with van der Waals surface area (Å²) in [6.07, 6.45) is 1.84. The molecule has 1 aliphatic heterocycles. The second-order valence-corrected chi connectivity index (χ2v) is 8.11. The summed E-state index contributed by atoms with van der Waals surface area (Å²) in [5.74, 6) is 0.183. The fraction of sp³-hybridized carbons (Fsp3) is 0.562. The van der Waals surface area contributed by atoms with Gasteiger partial charge in [-0.25, -0.2) is 8.42 Å². The molecule has 22 heavy (non-hydrogen) atoms. The first-order chi connectivity index (χ1) is 10.3. The van der Waals surface area contributed by atoms with E-state index in [2.05, 4.69) is 5.16 Å². The number of oxime groups is 1. The Bertz CT molecular complexity index is 662. The fourth-order valence-corrected chi connectivity index (χ4v) is 4.33. The first-order valence-corrected chi connectivity index (χ1v) is 9.67. The van der Waals surface area contributed by atoms with Crippen LogP contribution in [0.2, 0.25) is 0 Å². The number of hydrogen-bond donors (Lipinski definition) is 0. The van der Waals surface area contributed by atoms with Gasteiger partial charge in [-0.15, -0.1) is 11.6 Å². The van der Waals surface area contributed by atoms with Crippen molar-refractivity contribution >= 4 is 26.5 Å². The molecule has 1 unspecified atom stereocenters. The van der Waals surface area contributed by atoms with E-state index in [0.29, 0.717) is 0 Å². The monoisotopic (exact) mass is 343 g/mol. The molecule has 0 radical (unpaired) electrons. The van der Waals surface area contributed by atoms with Crippen molar-refractivity contribution in [3.05, 3.63) is 34.9 Å². The average Bonchev–Trinajstić information content (AvgIpc) is 2.91. The molecule has 1 aliphatic rings. The lowest BCUT2D eigenvalue weighted by Gasteiger charge is -2.17. The highest BCUT2D eigenvalue weighted by Crippen LogP contribution is 2.29. The highest BCUT2D eigenvalue weighted by Gasteiger charge is 2.39. The summed E-state index contributed by atoms with van der Waals surface area (Å²) in [6, 6.07) is 5.95. The molecular weight excluding hydrogens is 322 g/mol. The second-order valence-electron chi connectivity index (χ2n) is 5.86. The maximum atomic E-state index is 12.7. The van der Waals surface area contributed by atoms with Crippen LogP contribution < -0.4 is 0 Å². The van der Waals surface area contributed by atoms with Gasteiger partial charge >= 0.3 is 0 Å². The van der Waals surface area contributed by atoms with E-state index in [4.69, 9.17) is 16.4 Å². The number of halogens is 1. The van der Waals surface area contributed by atoms with E-state index in [1.54, 1.807) is 6.92 Å². The lowest BCUT2D eigenvalue weighted by molar-refractivity contribution is 0.0152. The van der Waals surface area contributed by atoms with E-state index in [-0.39, 0.29) is 23.1 Å². The molecule has 1 atom stereocenters. The van der Waals surface area contributed by atoms with Crippen LogP contribution in [0, 0.1) is 0 Å². The normalized spacial score (nSPS) is 21.5. The van der Waals surface area contributed by atoms with Crippen molar-refractivity contribution in [2.24, 2.45) is 5.16 Å². The zero-order valence-corrected chi connectivity index (χ0v) is 14.8. The van der Waals surface area contributed by atoms with Gasteiger partial charge in [0.15, 0.2) is 20.5 Å².